The molecule has 2 heterocycles. The van der Waals surface area contributed by atoms with E-state index in [0.29, 0.717) is 18.1 Å². The predicted octanol–water partition coefficient (Wildman–Crippen LogP) is 2.24. The summed E-state index contributed by atoms with van der Waals surface area (Å²) < 4.78 is 5.19. The highest BCUT2D eigenvalue weighted by Crippen LogP contribution is 2.23. The summed E-state index contributed by atoms with van der Waals surface area (Å²) in [6.07, 6.45) is 3.09. The van der Waals surface area contributed by atoms with E-state index in [1.807, 2.05) is 24.3 Å². The van der Waals surface area contributed by atoms with Crippen LogP contribution in [0.4, 0.5) is 11.5 Å². The van der Waals surface area contributed by atoms with Crippen LogP contribution in [0.15, 0.2) is 36.9 Å². The van der Waals surface area contributed by atoms with Gasteiger partial charge in [0.15, 0.2) is 11.5 Å². The van der Waals surface area contributed by atoms with E-state index < -0.39 is 0 Å². The lowest BCUT2D eigenvalue weighted by Gasteiger charge is -2.10. The van der Waals surface area contributed by atoms with Gasteiger partial charge < -0.3 is 15.0 Å². The van der Waals surface area contributed by atoms with E-state index in [0.717, 1.165) is 16.8 Å². The third-order valence-corrected chi connectivity index (χ3v) is 2.79. The van der Waals surface area contributed by atoms with Crippen molar-refractivity contribution in [2.75, 3.05) is 12.4 Å². The van der Waals surface area contributed by atoms with Crippen LogP contribution in [0.25, 0.3) is 11.2 Å². The lowest BCUT2D eigenvalue weighted by molar-refractivity contribution is 0.185. The Kier molecular flexibility index (Phi) is 3.07. The van der Waals surface area contributed by atoms with E-state index in [1.165, 1.54) is 6.33 Å². The lowest BCUT2D eigenvalue weighted by atomic mass is 10.2. The summed E-state index contributed by atoms with van der Waals surface area (Å²) in [4.78, 5) is 15.5. The molecule has 0 bridgehead atoms. The van der Waals surface area contributed by atoms with Crippen LogP contribution in [0, 0.1) is 0 Å². The first kappa shape index (κ1) is 11.6. The SMILES string of the molecule is COCc1ccccc1Nc1ncnc2nc[nH]c12. The molecule has 96 valence electrons. The summed E-state index contributed by atoms with van der Waals surface area (Å²) in [7, 11) is 1.68. The largest absolute Gasteiger partial charge is 0.380 e. The van der Waals surface area contributed by atoms with Crippen molar-refractivity contribution in [1.82, 2.24) is 19.9 Å². The summed E-state index contributed by atoms with van der Waals surface area (Å²) >= 11 is 0. The Morgan fingerprint density at radius 3 is 3.00 bits per heavy atom. The molecule has 2 N–H and O–H groups in total. The first-order valence-electron chi connectivity index (χ1n) is 5.86. The molecule has 3 rings (SSSR count). The normalized spacial score (nSPS) is 10.8. The smallest absolute Gasteiger partial charge is 0.182 e. The van der Waals surface area contributed by atoms with Crippen molar-refractivity contribution in [3.63, 3.8) is 0 Å². The molecule has 3 aromatic rings. The number of methoxy groups -OCH3 is 1. The fraction of sp³-hybridized carbons (Fsp3) is 0.154. The van der Waals surface area contributed by atoms with Crippen LogP contribution in [0.1, 0.15) is 5.56 Å². The van der Waals surface area contributed by atoms with Crippen LogP contribution in [-0.4, -0.2) is 27.0 Å². The Bertz CT molecular complexity index is 694. The molecule has 0 saturated carbocycles. The Labute approximate surface area is 109 Å². The maximum atomic E-state index is 5.19. The summed E-state index contributed by atoms with van der Waals surface area (Å²) in [5, 5.41) is 3.28. The molecule has 0 aliphatic heterocycles. The molecular formula is C13H13N5O. The predicted molar refractivity (Wildman–Crippen MR) is 72.1 cm³/mol. The molecule has 0 spiro atoms. The maximum Gasteiger partial charge on any atom is 0.182 e. The molecule has 6 nitrogen and oxygen atoms in total. The van der Waals surface area contributed by atoms with Crippen LogP contribution in [0.3, 0.4) is 0 Å². The van der Waals surface area contributed by atoms with Crippen LogP contribution in [0.2, 0.25) is 0 Å². The minimum atomic E-state index is 0.542. The lowest BCUT2D eigenvalue weighted by Crippen LogP contribution is -2.00. The van der Waals surface area contributed by atoms with Crippen LogP contribution >= 0.6 is 0 Å². The number of anilines is 2. The third kappa shape index (κ3) is 2.25. The van der Waals surface area contributed by atoms with Gasteiger partial charge in [0.25, 0.3) is 0 Å². The molecule has 0 unspecified atom stereocenters. The molecule has 0 fully saturated rings. The summed E-state index contributed by atoms with van der Waals surface area (Å²) in [6.45, 7) is 0.542. The molecule has 1 aromatic carbocycles. The second-order valence-corrected chi connectivity index (χ2v) is 4.04. The molecule has 19 heavy (non-hydrogen) atoms. The van der Waals surface area contributed by atoms with Gasteiger partial charge >= 0.3 is 0 Å². The third-order valence-electron chi connectivity index (χ3n) is 2.79. The van der Waals surface area contributed by atoms with E-state index in [-0.39, 0.29) is 0 Å². The zero-order chi connectivity index (χ0) is 13.1. The summed E-state index contributed by atoms with van der Waals surface area (Å²) in [6, 6.07) is 7.94. The van der Waals surface area contributed by atoms with Crippen molar-refractivity contribution in [2.24, 2.45) is 0 Å². The van der Waals surface area contributed by atoms with Gasteiger partial charge in [0.2, 0.25) is 0 Å². The molecule has 0 atom stereocenters. The second kappa shape index (κ2) is 5.03. The number of ether oxygens (including phenoxy) is 1. The number of H-pyrrole nitrogens is 1. The standard InChI is InChI=1S/C13H13N5O/c1-19-6-9-4-2-3-5-10(9)18-13-11-12(15-7-14-11)16-8-17-13/h2-5,7-8H,6H2,1H3,(H2,14,15,16,17,18). The van der Waals surface area contributed by atoms with Gasteiger partial charge in [-0.2, -0.15) is 0 Å². The van der Waals surface area contributed by atoms with Gasteiger partial charge in [-0.05, 0) is 6.07 Å². The molecule has 0 saturated heterocycles. The molecule has 0 aliphatic carbocycles. The number of fused-ring (bicyclic) bond motifs is 1. The Morgan fingerprint density at radius 2 is 2.11 bits per heavy atom. The van der Waals surface area contributed by atoms with Crippen molar-refractivity contribution in [3.8, 4) is 0 Å². The number of rotatable bonds is 4. The zero-order valence-corrected chi connectivity index (χ0v) is 10.4. The minimum Gasteiger partial charge on any atom is -0.380 e. The number of hydrogen-bond donors (Lipinski definition) is 2. The van der Waals surface area contributed by atoms with Crippen molar-refractivity contribution in [3.05, 3.63) is 42.5 Å². The number of benzene rings is 1. The van der Waals surface area contributed by atoms with Gasteiger partial charge in [-0.15, -0.1) is 0 Å². The highest BCUT2D eigenvalue weighted by atomic mass is 16.5. The van der Waals surface area contributed by atoms with Crippen LogP contribution < -0.4 is 5.32 Å². The highest BCUT2D eigenvalue weighted by molar-refractivity contribution is 5.84. The van der Waals surface area contributed by atoms with Gasteiger partial charge in [0.1, 0.15) is 11.8 Å². The highest BCUT2D eigenvalue weighted by Gasteiger charge is 2.08. The number of nitrogens with one attached hydrogen (secondary N) is 2. The Morgan fingerprint density at radius 1 is 1.21 bits per heavy atom. The van der Waals surface area contributed by atoms with Gasteiger partial charge in [-0.25, -0.2) is 15.0 Å². The van der Waals surface area contributed by atoms with Crippen LogP contribution in [0.5, 0.6) is 0 Å². The van der Waals surface area contributed by atoms with Crippen molar-refractivity contribution in [1.29, 1.82) is 0 Å². The summed E-state index contributed by atoms with van der Waals surface area (Å²) in [5.74, 6) is 0.700. The van der Waals surface area contributed by atoms with Gasteiger partial charge in [-0.3, -0.25) is 0 Å². The molecule has 0 aliphatic rings. The average molecular weight is 255 g/mol. The van der Waals surface area contributed by atoms with Gasteiger partial charge in [-0.1, -0.05) is 18.2 Å². The zero-order valence-electron chi connectivity index (χ0n) is 10.4. The molecule has 0 amide bonds. The quantitative estimate of drug-likeness (QED) is 0.747. The van der Waals surface area contributed by atoms with E-state index >= 15 is 0 Å². The first-order valence-corrected chi connectivity index (χ1v) is 5.86. The fourth-order valence-corrected chi connectivity index (χ4v) is 1.91. The Hall–Kier alpha value is -2.47. The van der Waals surface area contributed by atoms with Crippen molar-refractivity contribution < 1.29 is 4.74 Å². The number of aromatic amines is 1. The van der Waals surface area contributed by atoms with Crippen molar-refractivity contribution >= 4 is 22.7 Å². The molecule has 2 aromatic heterocycles. The van der Waals surface area contributed by atoms with Gasteiger partial charge in [0, 0.05) is 18.4 Å². The molecular weight excluding hydrogens is 242 g/mol. The first-order chi connectivity index (χ1) is 9.38. The fourth-order valence-electron chi connectivity index (χ4n) is 1.91. The monoisotopic (exact) mass is 255 g/mol. The average Bonchev–Trinajstić information content (AvgIpc) is 2.91. The topological polar surface area (TPSA) is 75.7 Å². The number of aromatic nitrogens is 4. The summed E-state index contributed by atoms with van der Waals surface area (Å²) in [5.41, 5.74) is 3.45. The van der Waals surface area contributed by atoms with Gasteiger partial charge in [0.05, 0.1) is 12.9 Å². The second-order valence-electron chi connectivity index (χ2n) is 4.04. The van der Waals surface area contributed by atoms with E-state index in [9.17, 15) is 0 Å². The Balaban J connectivity index is 1.99. The van der Waals surface area contributed by atoms with Crippen LogP contribution in [-0.2, 0) is 11.3 Å². The maximum absolute atomic E-state index is 5.19. The molecule has 0 radical (unpaired) electrons. The number of imidazole rings is 1. The number of hydrogen-bond acceptors (Lipinski definition) is 5. The van der Waals surface area contributed by atoms with E-state index in [2.05, 4.69) is 25.3 Å². The van der Waals surface area contributed by atoms with E-state index in [1.54, 1.807) is 13.4 Å². The number of para-hydroxylation sites is 1. The molecule has 6 heteroatoms. The van der Waals surface area contributed by atoms with Crippen molar-refractivity contribution in [2.45, 2.75) is 6.61 Å². The minimum absolute atomic E-state index is 0.542. The van der Waals surface area contributed by atoms with E-state index in [4.69, 9.17) is 4.74 Å². The number of nitrogens with zero attached hydrogens (tertiary/aromatic N) is 3.